The zero-order valence-electron chi connectivity index (χ0n) is 14.1. The molecule has 0 N–H and O–H groups in total. The van der Waals surface area contributed by atoms with E-state index in [2.05, 4.69) is 4.98 Å². The molecule has 0 spiro atoms. The number of hydrogen-bond acceptors (Lipinski definition) is 6. The molecule has 3 rings (SSSR count). The maximum absolute atomic E-state index is 11.3. The van der Waals surface area contributed by atoms with Crippen LogP contribution in [-0.4, -0.2) is 32.6 Å². The van der Waals surface area contributed by atoms with Crippen LogP contribution in [0.1, 0.15) is 10.4 Å². The highest BCUT2D eigenvalue weighted by Crippen LogP contribution is 2.37. The standard InChI is InChI=1S/C19H17NO5/c1-22-13-5-4-12(11-21)17(8-13)25-16-6-7-20-15-10-19(24-3)18(23-2)9-14(15)16/h4-11H,1-3H3. The zero-order chi connectivity index (χ0) is 17.8. The molecule has 0 saturated carbocycles. The average molecular weight is 339 g/mol. The summed E-state index contributed by atoms with van der Waals surface area (Å²) in [7, 11) is 4.68. The molecule has 3 aromatic rings. The van der Waals surface area contributed by atoms with Crippen LogP contribution in [0, 0.1) is 0 Å². The van der Waals surface area contributed by atoms with E-state index < -0.39 is 0 Å². The lowest BCUT2D eigenvalue weighted by Gasteiger charge is -2.13. The lowest BCUT2D eigenvalue weighted by molar-refractivity contribution is 0.112. The van der Waals surface area contributed by atoms with Crippen LogP contribution in [0.4, 0.5) is 0 Å². The molecule has 1 aromatic heterocycles. The molecule has 0 bridgehead atoms. The molecule has 0 saturated heterocycles. The van der Waals surface area contributed by atoms with Crippen LogP contribution in [0.25, 0.3) is 10.9 Å². The number of rotatable bonds is 6. The van der Waals surface area contributed by atoms with Crippen LogP contribution in [0.15, 0.2) is 42.6 Å². The van der Waals surface area contributed by atoms with Crippen molar-refractivity contribution in [2.45, 2.75) is 0 Å². The summed E-state index contributed by atoms with van der Waals surface area (Å²) >= 11 is 0. The number of fused-ring (bicyclic) bond motifs is 1. The van der Waals surface area contributed by atoms with E-state index in [1.807, 2.05) is 0 Å². The van der Waals surface area contributed by atoms with Crippen molar-refractivity contribution in [1.29, 1.82) is 0 Å². The first-order valence-corrected chi connectivity index (χ1v) is 7.52. The van der Waals surface area contributed by atoms with Gasteiger partial charge in [0.05, 0.1) is 32.4 Å². The summed E-state index contributed by atoms with van der Waals surface area (Å²) in [5.74, 6) is 2.68. The van der Waals surface area contributed by atoms with Crippen molar-refractivity contribution in [3.8, 4) is 28.7 Å². The van der Waals surface area contributed by atoms with E-state index in [-0.39, 0.29) is 0 Å². The summed E-state index contributed by atoms with van der Waals surface area (Å²) in [6.45, 7) is 0. The van der Waals surface area contributed by atoms with Crippen LogP contribution in [-0.2, 0) is 0 Å². The third-order valence-corrected chi connectivity index (χ3v) is 3.77. The van der Waals surface area contributed by atoms with Gasteiger partial charge in [0.1, 0.15) is 17.2 Å². The number of aldehydes is 1. The molecule has 2 aromatic carbocycles. The van der Waals surface area contributed by atoms with Gasteiger partial charge in [-0.3, -0.25) is 9.78 Å². The minimum Gasteiger partial charge on any atom is -0.497 e. The Morgan fingerprint density at radius 1 is 0.840 bits per heavy atom. The summed E-state index contributed by atoms with van der Waals surface area (Å²) < 4.78 is 21.8. The molecule has 1 heterocycles. The van der Waals surface area contributed by atoms with Crippen LogP contribution >= 0.6 is 0 Å². The molecular formula is C19H17NO5. The van der Waals surface area contributed by atoms with Crippen LogP contribution < -0.4 is 18.9 Å². The van der Waals surface area contributed by atoms with Gasteiger partial charge in [0, 0.05) is 23.7 Å². The van der Waals surface area contributed by atoms with Crippen molar-refractivity contribution < 1.29 is 23.7 Å². The van der Waals surface area contributed by atoms with Gasteiger partial charge in [-0.2, -0.15) is 0 Å². The molecule has 6 nitrogen and oxygen atoms in total. The summed E-state index contributed by atoms with van der Waals surface area (Å²) in [5.41, 5.74) is 1.11. The molecule has 0 amide bonds. The topological polar surface area (TPSA) is 66.9 Å². The molecule has 0 aliphatic heterocycles. The van der Waals surface area contributed by atoms with Crippen molar-refractivity contribution in [3.05, 3.63) is 48.2 Å². The minimum atomic E-state index is 0.400. The fourth-order valence-corrected chi connectivity index (χ4v) is 2.48. The number of nitrogens with zero attached hydrogens (tertiary/aromatic N) is 1. The van der Waals surface area contributed by atoms with E-state index in [1.165, 1.54) is 0 Å². The van der Waals surface area contributed by atoms with Gasteiger partial charge in [0.25, 0.3) is 0 Å². The third-order valence-electron chi connectivity index (χ3n) is 3.77. The first-order valence-electron chi connectivity index (χ1n) is 7.52. The highest BCUT2D eigenvalue weighted by molar-refractivity contribution is 5.89. The SMILES string of the molecule is COc1ccc(C=O)c(Oc2ccnc3cc(OC)c(OC)cc23)c1. The number of pyridine rings is 1. The first-order chi connectivity index (χ1) is 12.2. The monoisotopic (exact) mass is 339 g/mol. The summed E-state index contributed by atoms with van der Waals surface area (Å²) in [6, 6.07) is 10.3. The summed E-state index contributed by atoms with van der Waals surface area (Å²) in [4.78, 5) is 15.6. The highest BCUT2D eigenvalue weighted by Gasteiger charge is 2.13. The quantitative estimate of drug-likeness (QED) is 0.635. The highest BCUT2D eigenvalue weighted by atomic mass is 16.5. The van der Waals surface area contributed by atoms with E-state index in [9.17, 15) is 4.79 Å². The normalized spacial score (nSPS) is 10.4. The van der Waals surface area contributed by atoms with Gasteiger partial charge >= 0.3 is 0 Å². The fraction of sp³-hybridized carbons (Fsp3) is 0.158. The largest absolute Gasteiger partial charge is 0.497 e. The van der Waals surface area contributed by atoms with E-state index >= 15 is 0 Å². The van der Waals surface area contributed by atoms with Crippen molar-refractivity contribution in [2.24, 2.45) is 0 Å². The van der Waals surface area contributed by atoms with Gasteiger partial charge in [0.2, 0.25) is 0 Å². The number of methoxy groups -OCH3 is 3. The van der Waals surface area contributed by atoms with E-state index in [0.29, 0.717) is 39.8 Å². The molecule has 0 atom stereocenters. The minimum absolute atomic E-state index is 0.400. The van der Waals surface area contributed by atoms with Crippen LogP contribution in [0.3, 0.4) is 0 Å². The van der Waals surface area contributed by atoms with Gasteiger partial charge in [-0.15, -0.1) is 0 Å². The van der Waals surface area contributed by atoms with Gasteiger partial charge in [-0.25, -0.2) is 0 Å². The fourth-order valence-electron chi connectivity index (χ4n) is 2.48. The summed E-state index contributed by atoms with van der Waals surface area (Å²) in [5, 5.41) is 0.736. The number of benzene rings is 2. The molecule has 6 heteroatoms. The van der Waals surface area contributed by atoms with Crippen molar-refractivity contribution in [3.63, 3.8) is 0 Å². The van der Waals surface area contributed by atoms with Gasteiger partial charge in [0.15, 0.2) is 17.8 Å². The Balaban J connectivity index is 2.12. The maximum Gasteiger partial charge on any atom is 0.162 e. The molecule has 0 unspecified atom stereocenters. The van der Waals surface area contributed by atoms with Gasteiger partial charge in [-0.1, -0.05) is 0 Å². The average Bonchev–Trinajstić information content (AvgIpc) is 2.67. The third kappa shape index (κ3) is 3.19. The molecule has 0 aliphatic carbocycles. The first kappa shape index (κ1) is 16.6. The summed E-state index contributed by atoms with van der Waals surface area (Å²) in [6.07, 6.45) is 2.37. The van der Waals surface area contributed by atoms with Crippen LogP contribution in [0.5, 0.6) is 28.7 Å². The Hall–Kier alpha value is -3.28. The van der Waals surface area contributed by atoms with E-state index in [1.54, 1.807) is 63.9 Å². The molecule has 0 aliphatic rings. The van der Waals surface area contributed by atoms with Gasteiger partial charge in [-0.05, 0) is 24.3 Å². The lowest BCUT2D eigenvalue weighted by Crippen LogP contribution is -1.95. The second-order valence-corrected chi connectivity index (χ2v) is 5.16. The maximum atomic E-state index is 11.3. The Kier molecular flexibility index (Phi) is 4.70. The van der Waals surface area contributed by atoms with Crippen molar-refractivity contribution >= 4 is 17.2 Å². The van der Waals surface area contributed by atoms with E-state index in [0.717, 1.165) is 11.7 Å². The zero-order valence-corrected chi connectivity index (χ0v) is 14.1. The van der Waals surface area contributed by atoms with Gasteiger partial charge < -0.3 is 18.9 Å². The number of ether oxygens (including phenoxy) is 4. The Morgan fingerprint density at radius 2 is 1.60 bits per heavy atom. The number of carbonyl (C=O) groups excluding carboxylic acids is 1. The van der Waals surface area contributed by atoms with Crippen molar-refractivity contribution in [2.75, 3.05) is 21.3 Å². The Labute approximate surface area is 144 Å². The predicted molar refractivity (Wildman–Crippen MR) is 93.3 cm³/mol. The van der Waals surface area contributed by atoms with E-state index in [4.69, 9.17) is 18.9 Å². The smallest absolute Gasteiger partial charge is 0.162 e. The molecule has 25 heavy (non-hydrogen) atoms. The molecule has 128 valence electrons. The second-order valence-electron chi connectivity index (χ2n) is 5.16. The van der Waals surface area contributed by atoms with Crippen molar-refractivity contribution in [1.82, 2.24) is 4.98 Å². The Morgan fingerprint density at radius 3 is 2.28 bits per heavy atom. The second kappa shape index (κ2) is 7.09. The number of aromatic nitrogens is 1. The van der Waals surface area contributed by atoms with Crippen LogP contribution in [0.2, 0.25) is 0 Å². The molecular weight excluding hydrogens is 322 g/mol. The molecule has 0 radical (unpaired) electrons. The number of hydrogen-bond donors (Lipinski definition) is 0. The lowest BCUT2D eigenvalue weighted by atomic mass is 10.1. The predicted octanol–water partition coefficient (Wildman–Crippen LogP) is 3.87. The number of carbonyl (C=O) groups is 1. The Bertz CT molecular complexity index is 923. The molecule has 0 fully saturated rings.